The van der Waals surface area contributed by atoms with Crippen LogP contribution in [0.15, 0.2) is 30.7 Å². The van der Waals surface area contributed by atoms with Crippen molar-refractivity contribution in [2.75, 3.05) is 11.2 Å². The second-order valence-corrected chi connectivity index (χ2v) is 4.82. The molecule has 6 heteroatoms. The Morgan fingerprint density at radius 1 is 1.35 bits per heavy atom. The van der Waals surface area contributed by atoms with Gasteiger partial charge in [-0.25, -0.2) is 9.97 Å². The summed E-state index contributed by atoms with van der Waals surface area (Å²) in [5.41, 5.74) is 0.697. The summed E-state index contributed by atoms with van der Waals surface area (Å²) in [6.07, 6.45) is 7.36. The molecule has 2 heterocycles. The molecule has 0 unspecified atom stereocenters. The number of amides is 1. The number of imidazole rings is 1. The van der Waals surface area contributed by atoms with Gasteiger partial charge in [0, 0.05) is 24.7 Å². The van der Waals surface area contributed by atoms with E-state index in [1.807, 2.05) is 29.8 Å². The highest BCUT2D eigenvalue weighted by molar-refractivity contribution is 6.17. The van der Waals surface area contributed by atoms with Gasteiger partial charge in [0.2, 0.25) is 5.91 Å². The molecular formula is C14H17ClN4O. The van der Waals surface area contributed by atoms with Gasteiger partial charge < -0.3 is 5.32 Å². The number of alkyl halides is 1. The summed E-state index contributed by atoms with van der Waals surface area (Å²) in [4.78, 5) is 20.1. The molecular weight excluding hydrogens is 276 g/mol. The molecule has 0 saturated heterocycles. The molecule has 0 aliphatic carbocycles. The lowest BCUT2D eigenvalue weighted by Crippen LogP contribution is -2.11. The second kappa shape index (κ2) is 7.05. The van der Waals surface area contributed by atoms with E-state index >= 15 is 0 Å². The fourth-order valence-electron chi connectivity index (χ4n) is 1.83. The number of carbonyl (C=O) groups excluding carboxylic acids is 1. The smallest absolute Gasteiger partial charge is 0.224 e. The van der Waals surface area contributed by atoms with Crippen molar-refractivity contribution in [3.63, 3.8) is 0 Å². The number of halogens is 1. The number of unbranched alkanes of at least 4 members (excludes halogenated alkanes) is 1. The van der Waals surface area contributed by atoms with E-state index in [2.05, 4.69) is 15.3 Å². The van der Waals surface area contributed by atoms with Crippen molar-refractivity contribution >= 4 is 23.2 Å². The molecule has 0 aliphatic heterocycles. The molecule has 20 heavy (non-hydrogen) atoms. The number of hydrogen-bond acceptors (Lipinski definition) is 3. The molecule has 0 bridgehead atoms. The normalized spacial score (nSPS) is 10.5. The molecule has 0 aliphatic rings. The van der Waals surface area contributed by atoms with E-state index in [1.54, 1.807) is 12.4 Å². The Kier molecular flexibility index (Phi) is 5.12. The second-order valence-electron chi connectivity index (χ2n) is 4.44. The van der Waals surface area contributed by atoms with Crippen molar-refractivity contribution < 1.29 is 4.79 Å². The quantitative estimate of drug-likeness (QED) is 0.658. The van der Waals surface area contributed by atoms with E-state index in [4.69, 9.17) is 11.6 Å². The first kappa shape index (κ1) is 14.5. The maximum atomic E-state index is 11.7. The van der Waals surface area contributed by atoms with Crippen LogP contribution in [-0.2, 0) is 4.79 Å². The fourth-order valence-corrected chi connectivity index (χ4v) is 2.02. The Labute approximate surface area is 123 Å². The molecule has 2 aromatic rings. The highest BCUT2D eigenvalue weighted by atomic mass is 35.5. The number of aryl methyl sites for hydroxylation is 1. The largest absolute Gasteiger partial charge is 0.325 e. The van der Waals surface area contributed by atoms with Crippen LogP contribution in [0.5, 0.6) is 0 Å². The monoisotopic (exact) mass is 292 g/mol. The zero-order valence-electron chi connectivity index (χ0n) is 11.3. The summed E-state index contributed by atoms with van der Waals surface area (Å²) >= 11 is 5.58. The third-order valence-corrected chi connectivity index (χ3v) is 3.16. The van der Waals surface area contributed by atoms with Gasteiger partial charge in [-0.15, -0.1) is 11.6 Å². The lowest BCUT2D eigenvalue weighted by molar-refractivity contribution is -0.116. The average Bonchev–Trinajstić information content (AvgIpc) is 2.86. The Morgan fingerprint density at radius 3 is 2.80 bits per heavy atom. The van der Waals surface area contributed by atoms with Crippen molar-refractivity contribution in [1.29, 1.82) is 0 Å². The van der Waals surface area contributed by atoms with Gasteiger partial charge in [-0.05, 0) is 31.9 Å². The van der Waals surface area contributed by atoms with Gasteiger partial charge in [0.1, 0.15) is 11.6 Å². The van der Waals surface area contributed by atoms with Crippen LogP contribution in [0.3, 0.4) is 0 Å². The SMILES string of the molecule is Cc1nccn1-c1ccc(NC(=O)CCCCCl)cn1. The first-order valence-corrected chi connectivity index (χ1v) is 7.06. The third-order valence-electron chi connectivity index (χ3n) is 2.89. The van der Waals surface area contributed by atoms with Crippen LogP contribution >= 0.6 is 11.6 Å². The summed E-state index contributed by atoms with van der Waals surface area (Å²) in [6.45, 7) is 1.91. The number of anilines is 1. The summed E-state index contributed by atoms with van der Waals surface area (Å²) in [6, 6.07) is 3.68. The maximum absolute atomic E-state index is 11.7. The lowest BCUT2D eigenvalue weighted by Gasteiger charge is -2.07. The number of nitrogens with one attached hydrogen (secondary N) is 1. The van der Waals surface area contributed by atoms with E-state index in [9.17, 15) is 4.79 Å². The minimum Gasteiger partial charge on any atom is -0.325 e. The fraction of sp³-hybridized carbons (Fsp3) is 0.357. The standard InChI is InChI=1S/C14H17ClN4O/c1-11-16-8-9-19(11)13-6-5-12(10-17-13)18-14(20)4-2-3-7-15/h5-6,8-10H,2-4,7H2,1H3,(H,18,20). The Hall–Kier alpha value is -1.88. The summed E-state index contributed by atoms with van der Waals surface area (Å²) in [5.74, 6) is 2.23. The number of aromatic nitrogens is 3. The maximum Gasteiger partial charge on any atom is 0.224 e. The Morgan fingerprint density at radius 2 is 2.20 bits per heavy atom. The number of pyridine rings is 1. The zero-order valence-corrected chi connectivity index (χ0v) is 12.1. The molecule has 2 rings (SSSR count). The molecule has 0 atom stereocenters. The Bertz CT molecular complexity index is 565. The van der Waals surface area contributed by atoms with Gasteiger partial charge in [0.25, 0.3) is 0 Å². The number of carbonyl (C=O) groups is 1. The van der Waals surface area contributed by atoms with Gasteiger partial charge in [-0.3, -0.25) is 9.36 Å². The van der Waals surface area contributed by atoms with Crippen LogP contribution in [-0.4, -0.2) is 26.3 Å². The first-order chi connectivity index (χ1) is 9.70. The van der Waals surface area contributed by atoms with Gasteiger partial charge in [0.15, 0.2) is 0 Å². The molecule has 0 aromatic carbocycles. The van der Waals surface area contributed by atoms with E-state index in [0.29, 0.717) is 18.0 Å². The van der Waals surface area contributed by atoms with Gasteiger partial charge in [0.05, 0.1) is 11.9 Å². The van der Waals surface area contributed by atoms with Crippen molar-refractivity contribution in [3.8, 4) is 5.82 Å². The first-order valence-electron chi connectivity index (χ1n) is 6.53. The van der Waals surface area contributed by atoms with Crippen LogP contribution in [0, 0.1) is 6.92 Å². The zero-order chi connectivity index (χ0) is 14.4. The minimum absolute atomic E-state index is 0.0107. The molecule has 5 nitrogen and oxygen atoms in total. The molecule has 1 N–H and O–H groups in total. The van der Waals surface area contributed by atoms with Crippen LogP contribution in [0.25, 0.3) is 5.82 Å². The summed E-state index contributed by atoms with van der Waals surface area (Å²) in [7, 11) is 0. The van der Waals surface area contributed by atoms with Crippen molar-refractivity contribution in [3.05, 3.63) is 36.5 Å². The molecule has 2 aromatic heterocycles. The molecule has 0 saturated carbocycles. The van der Waals surface area contributed by atoms with Crippen molar-refractivity contribution in [2.45, 2.75) is 26.2 Å². The molecule has 1 amide bonds. The lowest BCUT2D eigenvalue weighted by atomic mass is 10.2. The van der Waals surface area contributed by atoms with E-state index in [-0.39, 0.29) is 5.91 Å². The predicted molar refractivity (Wildman–Crippen MR) is 79.3 cm³/mol. The van der Waals surface area contributed by atoms with Crippen LogP contribution in [0.4, 0.5) is 5.69 Å². The van der Waals surface area contributed by atoms with Gasteiger partial charge >= 0.3 is 0 Å². The highest BCUT2D eigenvalue weighted by Crippen LogP contribution is 2.12. The predicted octanol–water partition coefficient (Wildman–Crippen LogP) is 2.92. The van der Waals surface area contributed by atoms with Crippen LogP contribution in [0.1, 0.15) is 25.1 Å². The third kappa shape index (κ3) is 3.81. The van der Waals surface area contributed by atoms with E-state index in [0.717, 1.165) is 24.5 Å². The number of hydrogen-bond donors (Lipinski definition) is 1. The molecule has 0 radical (unpaired) electrons. The number of nitrogens with zero attached hydrogens (tertiary/aromatic N) is 3. The average molecular weight is 293 g/mol. The molecule has 0 fully saturated rings. The van der Waals surface area contributed by atoms with Crippen LogP contribution < -0.4 is 5.32 Å². The van der Waals surface area contributed by atoms with Gasteiger partial charge in [-0.1, -0.05) is 0 Å². The van der Waals surface area contributed by atoms with E-state index in [1.165, 1.54) is 0 Å². The van der Waals surface area contributed by atoms with Crippen LogP contribution in [0.2, 0.25) is 0 Å². The van der Waals surface area contributed by atoms with Crippen molar-refractivity contribution in [2.24, 2.45) is 0 Å². The highest BCUT2D eigenvalue weighted by Gasteiger charge is 2.04. The summed E-state index contributed by atoms with van der Waals surface area (Å²) < 4.78 is 1.88. The molecule has 106 valence electrons. The Balaban J connectivity index is 1.95. The van der Waals surface area contributed by atoms with Gasteiger partial charge in [-0.2, -0.15) is 0 Å². The minimum atomic E-state index is -0.0107. The number of rotatable bonds is 6. The molecule has 0 spiro atoms. The van der Waals surface area contributed by atoms with Crippen molar-refractivity contribution in [1.82, 2.24) is 14.5 Å². The summed E-state index contributed by atoms with van der Waals surface area (Å²) in [5, 5.41) is 2.82. The van der Waals surface area contributed by atoms with E-state index < -0.39 is 0 Å². The topological polar surface area (TPSA) is 59.8 Å².